The molecule has 0 aliphatic rings. The molecule has 0 amide bonds. The van der Waals surface area contributed by atoms with Crippen molar-refractivity contribution in [1.82, 2.24) is 0 Å². The number of hydrogen-bond donors (Lipinski definition) is 0. The van der Waals surface area contributed by atoms with E-state index in [1.54, 1.807) is 0 Å². The molecular weight excluding hydrogens is 384 g/mol. The average Bonchev–Trinajstić information content (AvgIpc) is 2.36. The van der Waals surface area contributed by atoms with E-state index in [0.29, 0.717) is 37.5 Å². The average molecular weight is 420 g/mol. The van der Waals surface area contributed by atoms with Crippen LogP contribution in [0.5, 0.6) is 0 Å². The van der Waals surface area contributed by atoms with Gasteiger partial charge in [-0.15, -0.1) is 0 Å². The molecule has 0 aromatic heterocycles. The van der Waals surface area contributed by atoms with Crippen LogP contribution >= 0.6 is 0 Å². The molecule has 27 heavy (non-hydrogen) atoms. The number of carbonyl (C=O) groups is 4. The zero-order valence-corrected chi connectivity index (χ0v) is 19.3. The first kappa shape index (κ1) is 36.8. The van der Waals surface area contributed by atoms with E-state index >= 15 is 0 Å². The van der Waals surface area contributed by atoms with Crippen LogP contribution in [0, 0.1) is 25.7 Å². The third kappa shape index (κ3) is 78.3. The van der Waals surface area contributed by atoms with E-state index in [1.165, 1.54) is 0 Å². The van der Waals surface area contributed by atoms with Crippen molar-refractivity contribution in [1.29, 1.82) is 0 Å². The molecule has 6 nitrogen and oxygen atoms in total. The summed E-state index contributed by atoms with van der Waals surface area (Å²) in [5.41, 5.74) is 0. The Hall–Kier alpha value is -1.01. The minimum atomic E-state index is -1.28. The molecule has 0 aliphatic carbocycles. The molecule has 0 aromatic rings. The largest absolute Gasteiger partial charge is 4.00 e. The van der Waals surface area contributed by atoms with Gasteiger partial charge in [0.1, 0.15) is 11.6 Å². The maximum Gasteiger partial charge on any atom is 4.00 e. The second kappa shape index (κ2) is 27.2. The van der Waals surface area contributed by atoms with Crippen molar-refractivity contribution in [2.75, 3.05) is 0 Å². The smallest absolute Gasteiger partial charge is 0.550 e. The quantitative estimate of drug-likeness (QED) is 0.337. The number of carbonyl (C=O) groups excluding carboxylic acids is 4. The van der Waals surface area contributed by atoms with Crippen LogP contribution in [0.2, 0.25) is 0 Å². The number of aliphatic carboxylic acids is 2. The predicted octanol–water partition coefficient (Wildman–Crippen LogP) is 1.94. The molecule has 0 fully saturated rings. The van der Waals surface area contributed by atoms with E-state index in [1.807, 2.05) is 13.8 Å². The Morgan fingerprint density at radius 1 is 0.704 bits per heavy atom. The van der Waals surface area contributed by atoms with Gasteiger partial charge >= 0.3 is 21.7 Å². The normalized spacial score (nSPS) is 8.67. The summed E-state index contributed by atoms with van der Waals surface area (Å²) in [6, 6.07) is 0. The fourth-order valence-corrected chi connectivity index (χ4v) is 1.06. The van der Waals surface area contributed by atoms with Gasteiger partial charge in [0.05, 0.1) is 0 Å². The summed E-state index contributed by atoms with van der Waals surface area (Å²) >= 11 is 0. The van der Waals surface area contributed by atoms with Crippen molar-refractivity contribution in [2.24, 2.45) is 11.8 Å². The minimum absolute atomic E-state index is 0. The summed E-state index contributed by atoms with van der Waals surface area (Å²) in [7, 11) is 0. The second-order valence-electron chi connectivity index (χ2n) is 6.46. The summed E-state index contributed by atoms with van der Waals surface area (Å²) in [6.45, 7) is 19.2. The van der Waals surface area contributed by atoms with E-state index in [4.69, 9.17) is 0 Å². The van der Waals surface area contributed by atoms with Crippen molar-refractivity contribution in [3.05, 3.63) is 13.8 Å². The Balaban J connectivity index is -0.0000000843. The van der Waals surface area contributed by atoms with E-state index < -0.39 is 24.8 Å². The van der Waals surface area contributed by atoms with Crippen LogP contribution in [0.25, 0.3) is 0 Å². The Morgan fingerprint density at radius 2 is 0.889 bits per heavy atom. The van der Waals surface area contributed by atoms with Crippen LogP contribution in [0.4, 0.5) is 0 Å². The van der Waals surface area contributed by atoms with E-state index in [0.717, 1.165) is 0 Å². The van der Waals surface area contributed by atoms with E-state index in [9.17, 15) is 29.4 Å². The molecule has 0 spiro atoms. The molecule has 0 rings (SSSR count). The molecule has 0 aliphatic heterocycles. The summed E-state index contributed by atoms with van der Waals surface area (Å²) in [5, 5.41) is 19.5. The maximum absolute atomic E-state index is 10.4. The first-order valence-corrected chi connectivity index (χ1v) is 8.89. The van der Waals surface area contributed by atoms with Crippen molar-refractivity contribution >= 4 is 23.5 Å². The number of ketones is 2. The van der Waals surface area contributed by atoms with Gasteiger partial charge in [0.25, 0.3) is 0 Å². The van der Waals surface area contributed by atoms with Gasteiger partial charge < -0.3 is 33.6 Å². The van der Waals surface area contributed by atoms with Gasteiger partial charge in [0, 0.05) is 37.6 Å². The molecule has 0 atom stereocenters. The van der Waals surface area contributed by atoms with Crippen LogP contribution in [0.15, 0.2) is 0 Å². The summed E-state index contributed by atoms with van der Waals surface area (Å²) in [4.78, 5) is 40.4. The Morgan fingerprint density at radius 3 is 1.00 bits per heavy atom. The summed E-state index contributed by atoms with van der Waals surface area (Å²) in [5.74, 6) is -1.91. The monoisotopic (exact) mass is 420 g/mol. The molecule has 0 unspecified atom stereocenters. The zero-order valence-electron chi connectivity index (χ0n) is 17.8. The van der Waals surface area contributed by atoms with Crippen molar-refractivity contribution < 1.29 is 51.1 Å². The number of rotatable bonds is 8. The second-order valence-corrected chi connectivity index (χ2v) is 6.46. The van der Waals surface area contributed by atoms with Gasteiger partial charge in [-0.05, 0) is 12.8 Å². The molecule has 0 heterocycles. The number of Topliss-reactive ketones (excluding diaryl/α,β-unsaturated/α-hetero) is 2. The topological polar surface area (TPSA) is 114 Å². The Bertz CT molecular complexity index is 337. The van der Waals surface area contributed by atoms with E-state index in [-0.39, 0.29) is 33.3 Å². The SMILES string of the molecule is CCCC(=O)CC(=O)[O-].CCCC(=O)CC(=O)[O-].[CH2-]C(C)C.[CH2-]C(C)C.[Ti+4]. The fourth-order valence-electron chi connectivity index (χ4n) is 1.06. The molecule has 0 radical (unpaired) electrons. The summed E-state index contributed by atoms with van der Waals surface area (Å²) < 4.78 is 0. The third-order valence-electron chi connectivity index (χ3n) is 1.74. The molecule has 0 bridgehead atoms. The number of hydrogen-bond acceptors (Lipinski definition) is 6. The van der Waals surface area contributed by atoms with Gasteiger partial charge in [-0.3, -0.25) is 9.59 Å². The zero-order chi connectivity index (χ0) is 21.7. The molecule has 7 heteroatoms. The van der Waals surface area contributed by atoms with Crippen LogP contribution in [-0.4, -0.2) is 23.5 Å². The Labute approximate surface area is 180 Å². The van der Waals surface area contributed by atoms with Crippen LogP contribution in [-0.2, 0) is 40.9 Å². The number of carboxylic acids is 2. The predicted molar refractivity (Wildman–Crippen MR) is 99.5 cm³/mol. The Kier molecular flexibility index (Phi) is 37.1. The van der Waals surface area contributed by atoms with Gasteiger partial charge in [-0.25, -0.2) is 0 Å². The van der Waals surface area contributed by atoms with Gasteiger partial charge in [0.15, 0.2) is 0 Å². The molecular formula is C20H36O6Ti. The van der Waals surface area contributed by atoms with Gasteiger partial charge in [0.2, 0.25) is 0 Å². The third-order valence-corrected chi connectivity index (χ3v) is 1.74. The fraction of sp³-hybridized carbons (Fsp3) is 0.700. The molecule has 156 valence electrons. The standard InChI is InChI=1S/2C6H10O3.2C4H9.Ti/c2*1-2-3-5(7)4-6(8)9;2*1-4(2)3;/h2*2-4H2,1H3,(H,8,9);2*4H,1H2,2-3H3;/q;;2*-1;+4/p-2. The van der Waals surface area contributed by atoms with E-state index in [2.05, 4.69) is 41.5 Å². The number of carboxylic acid groups (broad SMARTS) is 2. The first-order chi connectivity index (χ1) is 11.8. The van der Waals surface area contributed by atoms with Crippen molar-refractivity contribution in [3.8, 4) is 0 Å². The van der Waals surface area contributed by atoms with Gasteiger partial charge in [-0.2, -0.15) is 11.8 Å². The van der Waals surface area contributed by atoms with Gasteiger partial charge in [-0.1, -0.05) is 41.5 Å². The molecule has 0 N–H and O–H groups in total. The van der Waals surface area contributed by atoms with Crippen LogP contribution in [0.1, 0.15) is 80.1 Å². The maximum atomic E-state index is 10.4. The summed E-state index contributed by atoms with van der Waals surface area (Å²) in [6.07, 6.45) is 1.21. The minimum Gasteiger partial charge on any atom is -0.550 e. The molecule has 0 aromatic carbocycles. The molecule has 0 saturated carbocycles. The van der Waals surface area contributed by atoms with Crippen LogP contribution in [0.3, 0.4) is 0 Å². The first-order valence-electron chi connectivity index (χ1n) is 8.89. The van der Waals surface area contributed by atoms with Crippen molar-refractivity contribution in [3.63, 3.8) is 0 Å². The van der Waals surface area contributed by atoms with Crippen molar-refractivity contribution in [2.45, 2.75) is 80.1 Å². The van der Waals surface area contributed by atoms with Crippen LogP contribution < -0.4 is 10.2 Å². The molecule has 0 saturated heterocycles.